The Morgan fingerprint density at radius 2 is 2.00 bits per heavy atom. The Labute approximate surface area is 133 Å². The first-order valence-corrected chi connectivity index (χ1v) is 8.06. The van der Waals surface area contributed by atoms with Crippen molar-refractivity contribution in [3.05, 3.63) is 24.3 Å². The molecule has 6 nitrogen and oxygen atoms in total. The Hall–Kier alpha value is -1.99. The number of nitrogens with zero attached hydrogens (tertiary/aromatic N) is 3. The number of amides is 1. The van der Waals surface area contributed by atoms with Crippen LogP contribution in [0.1, 0.15) is 12.8 Å². The van der Waals surface area contributed by atoms with Crippen LogP contribution in [0.5, 0.6) is 5.75 Å². The van der Waals surface area contributed by atoms with Crippen molar-refractivity contribution in [2.24, 2.45) is 0 Å². The van der Waals surface area contributed by atoms with Gasteiger partial charge in [-0.15, -0.1) is 10.2 Å². The standard InChI is InChI=1S/C15H18N4O2S/c1-21-12-6-4-11(5-7-12)14-17-18-15(22-14)16-13(20)10-19-8-2-3-9-19/h4-7H,2-3,8-10H2,1H3,(H,16,18,20). The highest BCUT2D eigenvalue weighted by Gasteiger charge is 2.16. The number of nitrogens with one attached hydrogen (secondary N) is 1. The molecule has 1 aromatic heterocycles. The number of rotatable bonds is 5. The second kappa shape index (κ2) is 6.85. The quantitative estimate of drug-likeness (QED) is 0.916. The lowest BCUT2D eigenvalue weighted by atomic mass is 10.2. The molecule has 1 aliphatic rings. The van der Waals surface area contributed by atoms with Gasteiger partial charge in [-0.3, -0.25) is 15.0 Å². The molecule has 22 heavy (non-hydrogen) atoms. The van der Waals surface area contributed by atoms with Crippen LogP contribution < -0.4 is 10.1 Å². The summed E-state index contributed by atoms with van der Waals surface area (Å²) in [5.41, 5.74) is 0.957. The van der Waals surface area contributed by atoms with E-state index < -0.39 is 0 Å². The molecule has 1 aliphatic heterocycles. The molecule has 1 amide bonds. The van der Waals surface area contributed by atoms with E-state index in [9.17, 15) is 4.79 Å². The minimum Gasteiger partial charge on any atom is -0.497 e. The Morgan fingerprint density at radius 3 is 2.68 bits per heavy atom. The van der Waals surface area contributed by atoms with Crippen molar-refractivity contribution in [2.75, 3.05) is 32.1 Å². The highest BCUT2D eigenvalue weighted by molar-refractivity contribution is 7.18. The monoisotopic (exact) mass is 318 g/mol. The van der Waals surface area contributed by atoms with E-state index in [1.165, 1.54) is 24.2 Å². The van der Waals surface area contributed by atoms with E-state index in [2.05, 4.69) is 20.4 Å². The third-order valence-corrected chi connectivity index (χ3v) is 4.46. The normalized spacial score (nSPS) is 15.0. The van der Waals surface area contributed by atoms with Gasteiger partial charge in [0.15, 0.2) is 0 Å². The van der Waals surface area contributed by atoms with Gasteiger partial charge in [-0.25, -0.2) is 0 Å². The maximum Gasteiger partial charge on any atom is 0.240 e. The van der Waals surface area contributed by atoms with Crippen molar-refractivity contribution in [1.82, 2.24) is 15.1 Å². The molecule has 1 N–H and O–H groups in total. The predicted octanol–water partition coefficient (Wildman–Crippen LogP) is 2.25. The molecule has 116 valence electrons. The van der Waals surface area contributed by atoms with Gasteiger partial charge in [-0.05, 0) is 50.2 Å². The Bertz CT molecular complexity index is 635. The number of hydrogen-bond donors (Lipinski definition) is 1. The molecule has 0 unspecified atom stereocenters. The van der Waals surface area contributed by atoms with Crippen LogP contribution in [0.3, 0.4) is 0 Å². The number of methoxy groups -OCH3 is 1. The molecular weight excluding hydrogens is 300 g/mol. The number of hydrogen-bond acceptors (Lipinski definition) is 6. The molecule has 2 aromatic rings. The van der Waals surface area contributed by atoms with Gasteiger partial charge in [-0.1, -0.05) is 11.3 Å². The molecule has 3 rings (SSSR count). The summed E-state index contributed by atoms with van der Waals surface area (Å²) in [6.07, 6.45) is 2.35. The lowest BCUT2D eigenvalue weighted by Gasteiger charge is -2.12. The third-order valence-electron chi connectivity index (χ3n) is 3.57. The van der Waals surface area contributed by atoms with Gasteiger partial charge in [-0.2, -0.15) is 0 Å². The number of carbonyl (C=O) groups excluding carboxylic acids is 1. The lowest BCUT2D eigenvalue weighted by molar-refractivity contribution is -0.117. The molecule has 2 heterocycles. The van der Waals surface area contributed by atoms with Crippen LogP contribution in [0.2, 0.25) is 0 Å². The van der Waals surface area contributed by atoms with Crippen molar-refractivity contribution in [1.29, 1.82) is 0 Å². The second-order valence-corrected chi connectivity index (χ2v) is 6.15. The predicted molar refractivity (Wildman–Crippen MR) is 86.2 cm³/mol. The van der Waals surface area contributed by atoms with Gasteiger partial charge in [0.25, 0.3) is 0 Å². The van der Waals surface area contributed by atoms with Crippen LogP contribution in [-0.4, -0.2) is 47.7 Å². The molecule has 1 saturated heterocycles. The van der Waals surface area contributed by atoms with Crippen LogP contribution in [0, 0.1) is 0 Å². The Balaban J connectivity index is 1.61. The van der Waals surface area contributed by atoms with Crippen LogP contribution in [-0.2, 0) is 4.79 Å². The minimum atomic E-state index is -0.0284. The Kier molecular flexibility index (Phi) is 4.65. The van der Waals surface area contributed by atoms with E-state index in [-0.39, 0.29) is 5.91 Å². The topological polar surface area (TPSA) is 67.4 Å². The third kappa shape index (κ3) is 3.61. The van der Waals surface area contributed by atoms with Crippen LogP contribution in [0.15, 0.2) is 24.3 Å². The van der Waals surface area contributed by atoms with Crippen molar-refractivity contribution in [2.45, 2.75) is 12.8 Å². The zero-order valence-electron chi connectivity index (χ0n) is 12.4. The van der Waals surface area contributed by atoms with E-state index in [0.717, 1.165) is 29.4 Å². The van der Waals surface area contributed by atoms with Gasteiger partial charge >= 0.3 is 0 Å². The summed E-state index contributed by atoms with van der Waals surface area (Å²) in [6.45, 7) is 2.43. The van der Waals surface area contributed by atoms with Gasteiger partial charge in [0.2, 0.25) is 11.0 Å². The number of carbonyl (C=O) groups is 1. The van der Waals surface area contributed by atoms with Crippen LogP contribution >= 0.6 is 11.3 Å². The second-order valence-electron chi connectivity index (χ2n) is 5.17. The van der Waals surface area contributed by atoms with Crippen LogP contribution in [0.25, 0.3) is 10.6 Å². The lowest BCUT2D eigenvalue weighted by Crippen LogP contribution is -2.30. The summed E-state index contributed by atoms with van der Waals surface area (Å²) in [6, 6.07) is 7.61. The van der Waals surface area contributed by atoms with E-state index in [1.54, 1.807) is 7.11 Å². The molecule has 0 atom stereocenters. The van der Waals surface area contributed by atoms with E-state index in [0.29, 0.717) is 11.7 Å². The van der Waals surface area contributed by atoms with Crippen LogP contribution in [0.4, 0.5) is 5.13 Å². The first-order valence-electron chi connectivity index (χ1n) is 7.25. The molecule has 0 spiro atoms. The van der Waals surface area contributed by atoms with Gasteiger partial charge in [0.1, 0.15) is 10.8 Å². The Morgan fingerprint density at radius 1 is 1.27 bits per heavy atom. The number of likely N-dealkylation sites (tertiary alicyclic amines) is 1. The number of ether oxygens (including phenoxy) is 1. The molecule has 0 saturated carbocycles. The van der Waals surface area contributed by atoms with Gasteiger partial charge < -0.3 is 4.74 Å². The summed E-state index contributed by atoms with van der Waals surface area (Å²) >= 11 is 1.37. The van der Waals surface area contributed by atoms with E-state index in [4.69, 9.17) is 4.74 Å². The summed E-state index contributed by atoms with van der Waals surface area (Å²) < 4.78 is 5.13. The molecule has 0 radical (unpaired) electrons. The van der Waals surface area contributed by atoms with Gasteiger partial charge in [0.05, 0.1) is 13.7 Å². The molecule has 1 fully saturated rings. The van der Waals surface area contributed by atoms with Crippen molar-refractivity contribution in [3.63, 3.8) is 0 Å². The molecule has 0 bridgehead atoms. The smallest absolute Gasteiger partial charge is 0.240 e. The number of anilines is 1. The summed E-state index contributed by atoms with van der Waals surface area (Å²) in [5.74, 6) is 0.770. The molecule has 7 heteroatoms. The van der Waals surface area contributed by atoms with E-state index in [1.807, 2.05) is 24.3 Å². The highest BCUT2D eigenvalue weighted by Crippen LogP contribution is 2.27. The fourth-order valence-corrected chi connectivity index (χ4v) is 3.19. The summed E-state index contributed by atoms with van der Waals surface area (Å²) in [5, 5.41) is 12.3. The zero-order valence-corrected chi connectivity index (χ0v) is 13.2. The molecular formula is C15H18N4O2S. The first kappa shape index (κ1) is 14.9. The first-order chi connectivity index (χ1) is 10.7. The number of benzene rings is 1. The molecule has 1 aromatic carbocycles. The fourth-order valence-electron chi connectivity index (χ4n) is 2.43. The van der Waals surface area contributed by atoms with Crippen molar-refractivity contribution >= 4 is 22.4 Å². The maximum atomic E-state index is 12.0. The van der Waals surface area contributed by atoms with Crippen molar-refractivity contribution < 1.29 is 9.53 Å². The summed E-state index contributed by atoms with van der Waals surface area (Å²) in [4.78, 5) is 14.1. The molecule has 0 aliphatic carbocycles. The average Bonchev–Trinajstić information content (AvgIpc) is 3.19. The van der Waals surface area contributed by atoms with Crippen molar-refractivity contribution in [3.8, 4) is 16.3 Å². The highest BCUT2D eigenvalue weighted by atomic mass is 32.1. The zero-order chi connectivity index (χ0) is 15.4. The number of aromatic nitrogens is 2. The minimum absolute atomic E-state index is 0.0284. The fraction of sp³-hybridized carbons (Fsp3) is 0.400. The average molecular weight is 318 g/mol. The van der Waals surface area contributed by atoms with Gasteiger partial charge in [0, 0.05) is 5.56 Å². The van der Waals surface area contributed by atoms with E-state index >= 15 is 0 Å². The largest absolute Gasteiger partial charge is 0.497 e. The summed E-state index contributed by atoms with van der Waals surface area (Å²) in [7, 11) is 1.63. The SMILES string of the molecule is COc1ccc(-c2nnc(NC(=O)CN3CCCC3)s2)cc1. The maximum absolute atomic E-state index is 12.0.